The van der Waals surface area contributed by atoms with E-state index in [1.807, 2.05) is 35.6 Å². The van der Waals surface area contributed by atoms with Crippen molar-refractivity contribution in [3.63, 3.8) is 0 Å². The molecule has 22 heavy (non-hydrogen) atoms. The molecule has 3 heterocycles. The van der Waals surface area contributed by atoms with E-state index in [2.05, 4.69) is 15.0 Å². The van der Waals surface area contributed by atoms with Crippen LogP contribution in [0.4, 0.5) is 0 Å². The Morgan fingerprint density at radius 1 is 1.36 bits per heavy atom. The van der Waals surface area contributed by atoms with Crippen molar-refractivity contribution >= 4 is 5.91 Å². The van der Waals surface area contributed by atoms with Gasteiger partial charge in [-0.1, -0.05) is 5.16 Å². The molecule has 0 N–H and O–H groups in total. The minimum Gasteiger partial charge on any atom is -0.360 e. The van der Waals surface area contributed by atoms with Gasteiger partial charge >= 0.3 is 0 Å². The molecule has 0 saturated carbocycles. The third kappa shape index (κ3) is 3.19. The van der Waals surface area contributed by atoms with Gasteiger partial charge in [-0.2, -0.15) is 0 Å². The highest BCUT2D eigenvalue weighted by Crippen LogP contribution is 2.14. The highest BCUT2D eigenvalue weighted by Gasteiger charge is 2.26. The molecule has 2 aromatic rings. The Bertz CT molecular complexity index is 614. The molecule has 2 aromatic heterocycles. The Kier molecular flexibility index (Phi) is 4.24. The SMILES string of the molecule is Cc1cc(CN2CCN(C(=O)C(C)n3ccnc3)CC2)on1. The van der Waals surface area contributed by atoms with Crippen molar-refractivity contribution in [2.75, 3.05) is 26.2 Å². The predicted molar refractivity (Wildman–Crippen MR) is 80.0 cm³/mol. The molecule has 1 aliphatic heterocycles. The van der Waals surface area contributed by atoms with Gasteiger partial charge in [-0.25, -0.2) is 4.98 Å². The molecule has 1 amide bonds. The average molecular weight is 303 g/mol. The third-order valence-electron chi connectivity index (χ3n) is 4.07. The summed E-state index contributed by atoms with van der Waals surface area (Å²) < 4.78 is 7.09. The fraction of sp³-hybridized carbons (Fsp3) is 0.533. The number of aromatic nitrogens is 3. The standard InChI is InChI=1S/C15H21N5O2/c1-12-9-14(22-17-12)10-18-5-7-19(8-6-18)15(21)13(2)20-4-3-16-11-20/h3-4,9,11,13H,5-8,10H2,1-2H3. The molecule has 3 rings (SSSR count). The van der Waals surface area contributed by atoms with Crippen LogP contribution in [0.5, 0.6) is 0 Å². The molecule has 0 aliphatic carbocycles. The van der Waals surface area contributed by atoms with Gasteiger partial charge in [0.25, 0.3) is 0 Å². The van der Waals surface area contributed by atoms with Crippen molar-refractivity contribution in [3.8, 4) is 0 Å². The highest BCUT2D eigenvalue weighted by atomic mass is 16.5. The van der Waals surface area contributed by atoms with Gasteiger partial charge < -0.3 is 14.0 Å². The van der Waals surface area contributed by atoms with E-state index in [4.69, 9.17) is 4.52 Å². The maximum Gasteiger partial charge on any atom is 0.245 e. The fourth-order valence-corrected chi connectivity index (χ4v) is 2.73. The number of imidazole rings is 1. The summed E-state index contributed by atoms with van der Waals surface area (Å²) in [5, 5.41) is 3.90. The number of hydrogen-bond acceptors (Lipinski definition) is 5. The van der Waals surface area contributed by atoms with Crippen LogP contribution in [0.15, 0.2) is 29.3 Å². The first-order valence-electron chi connectivity index (χ1n) is 7.54. The number of carbonyl (C=O) groups is 1. The zero-order valence-corrected chi connectivity index (χ0v) is 13.0. The van der Waals surface area contributed by atoms with Crippen LogP contribution in [0, 0.1) is 6.92 Å². The van der Waals surface area contributed by atoms with Crippen LogP contribution in [-0.4, -0.2) is 56.6 Å². The predicted octanol–water partition coefficient (Wildman–Crippen LogP) is 1.08. The average Bonchev–Trinajstić information content (AvgIpc) is 3.18. The van der Waals surface area contributed by atoms with Crippen LogP contribution in [0.1, 0.15) is 24.4 Å². The summed E-state index contributed by atoms with van der Waals surface area (Å²) in [5.41, 5.74) is 0.901. The van der Waals surface area contributed by atoms with E-state index in [1.165, 1.54) is 0 Å². The fourth-order valence-electron chi connectivity index (χ4n) is 2.73. The molecule has 7 nitrogen and oxygen atoms in total. The number of carbonyl (C=O) groups excluding carboxylic acids is 1. The van der Waals surface area contributed by atoms with Crippen LogP contribution in [-0.2, 0) is 11.3 Å². The second-order valence-corrected chi connectivity index (χ2v) is 5.72. The Morgan fingerprint density at radius 3 is 2.73 bits per heavy atom. The molecular formula is C15H21N5O2. The zero-order valence-electron chi connectivity index (χ0n) is 13.0. The van der Waals surface area contributed by atoms with Crippen LogP contribution >= 0.6 is 0 Å². The topological polar surface area (TPSA) is 67.4 Å². The van der Waals surface area contributed by atoms with Crippen molar-refractivity contribution in [2.45, 2.75) is 26.4 Å². The highest BCUT2D eigenvalue weighted by molar-refractivity contribution is 5.80. The van der Waals surface area contributed by atoms with Gasteiger partial charge in [0.15, 0.2) is 5.76 Å². The van der Waals surface area contributed by atoms with E-state index < -0.39 is 0 Å². The summed E-state index contributed by atoms with van der Waals surface area (Å²) in [6, 6.07) is 1.75. The van der Waals surface area contributed by atoms with E-state index in [0.717, 1.165) is 44.2 Å². The van der Waals surface area contributed by atoms with Gasteiger partial charge in [-0.05, 0) is 13.8 Å². The second-order valence-electron chi connectivity index (χ2n) is 5.72. The Morgan fingerprint density at radius 2 is 2.14 bits per heavy atom. The molecule has 1 unspecified atom stereocenters. The van der Waals surface area contributed by atoms with Gasteiger partial charge in [-0.15, -0.1) is 0 Å². The molecule has 0 aromatic carbocycles. The zero-order chi connectivity index (χ0) is 15.5. The molecule has 0 spiro atoms. The number of aryl methyl sites for hydroxylation is 1. The summed E-state index contributed by atoms with van der Waals surface area (Å²) in [7, 11) is 0. The Balaban J connectivity index is 1.52. The van der Waals surface area contributed by atoms with Crippen molar-refractivity contribution in [1.82, 2.24) is 24.5 Å². The van der Waals surface area contributed by atoms with Gasteiger partial charge in [0.2, 0.25) is 5.91 Å². The van der Waals surface area contributed by atoms with Gasteiger partial charge in [0.1, 0.15) is 6.04 Å². The lowest BCUT2D eigenvalue weighted by Gasteiger charge is -2.35. The van der Waals surface area contributed by atoms with Gasteiger partial charge in [-0.3, -0.25) is 9.69 Å². The first-order valence-corrected chi connectivity index (χ1v) is 7.54. The molecule has 1 fully saturated rings. The normalized spacial score (nSPS) is 17.6. The molecule has 0 bridgehead atoms. The van der Waals surface area contributed by atoms with Crippen LogP contribution in [0.3, 0.4) is 0 Å². The largest absolute Gasteiger partial charge is 0.360 e. The Hall–Kier alpha value is -2.15. The molecule has 1 atom stereocenters. The van der Waals surface area contributed by atoms with Gasteiger partial charge in [0.05, 0.1) is 18.6 Å². The number of hydrogen-bond donors (Lipinski definition) is 0. The first kappa shape index (κ1) is 14.8. The van der Waals surface area contributed by atoms with E-state index >= 15 is 0 Å². The monoisotopic (exact) mass is 303 g/mol. The summed E-state index contributed by atoms with van der Waals surface area (Å²) in [5.74, 6) is 1.03. The van der Waals surface area contributed by atoms with Crippen molar-refractivity contribution < 1.29 is 9.32 Å². The molecule has 7 heteroatoms. The Labute approximate surface area is 129 Å². The lowest BCUT2D eigenvalue weighted by molar-refractivity contribution is -0.136. The number of amides is 1. The third-order valence-corrected chi connectivity index (χ3v) is 4.07. The van der Waals surface area contributed by atoms with E-state index in [1.54, 1.807) is 12.5 Å². The molecule has 1 aliphatic rings. The molecule has 118 valence electrons. The maximum atomic E-state index is 12.5. The molecule has 0 radical (unpaired) electrons. The van der Waals surface area contributed by atoms with E-state index in [0.29, 0.717) is 0 Å². The number of rotatable bonds is 4. The van der Waals surface area contributed by atoms with E-state index in [-0.39, 0.29) is 11.9 Å². The minimum atomic E-state index is -0.203. The van der Waals surface area contributed by atoms with Crippen LogP contribution in [0.2, 0.25) is 0 Å². The van der Waals surface area contributed by atoms with Crippen LogP contribution < -0.4 is 0 Å². The molecular weight excluding hydrogens is 282 g/mol. The summed E-state index contributed by atoms with van der Waals surface area (Å²) in [6.07, 6.45) is 5.21. The number of nitrogens with zero attached hydrogens (tertiary/aromatic N) is 5. The number of piperazine rings is 1. The van der Waals surface area contributed by atoms with Crippen molar-refractivity contribution in [1.29, 1.82) is 0 Å². The smallest absolute Gasteiger partial charge is 0.245 e. The lowest BCUT2D eigenvalue weighted by Crippen LogP contribution is -2.49. The molecule has 1 saturated heterocycles. The summed E-state index contributed by atoms with van der Waals surface area (Å²) >= 11 is 0. The van der Waals surface area contributed by atoms with Crippen LogP contribution in [0.25, 0.3) is 0 Å². The van der Waals surface area contributed by atoms with Gasteiger partial charge in [0, 0.05) is 44.6 Å². The minimum absolute atomic E-state index is 0.146. The quantitative estimate of drug-likeness (QED) is 0.845. The first-order chi connectivity index (χ1) is 10.6. The summed E-state index contributed by atoms with van der Waals surface area (Å²) in [4.78, 5) is 20.7. The summed E-state index contributed by atoms with van der Waals surface area (Å²) in [6.45, 7) is 7.76. The van der Waals surface area contributed by atoms with Crippen molar-refractivity contribution in [3.05, 3.63) is 36.2 Å². The van der Waals surface area contributed by atoms with Crippen molar-refractivity contribution in [2.24, 2.45) is 0 Å². The maximum absolute atomic E-state index is 12.5. The van der Waals surface area contributed by atoms with E-state index in [9.17, 15) is 4.79 Å². The lowest BCUT2D eigenvalue weighted by atomic mass is 10.2. The second kappa shape index (κ2) is 6.31.